The van der Waals surface area contributed by atoms with Crippen molar-refractivity contribution in [1.29, 1.82) is 5.26 Å². The van der Waals surface area contributed by atoms with E-state index < -0.39 is 23.9 Å². The third-order valence-electron chi connectivity index (χ3n) is 5.98. The van der Waals surface area contributed by atoms with Crippen LogP contribution in [-0.2, 0) is 9.53 Å². The molecule has 13 heteroatoms. The van der Waals surface area contributed by atoms with E-state index in [4.69, 9.17) is 30.6 Å². The van der Waals surface area contributed by atoms with Gasteiger partial charge in [-0.2, -0.15) is 5.26 Å². The molecule has 0 bridgehead atoms. The third kappa shape index (κ3) is 7.88. The predicted octanol–water partition coefficient (Wildman–Crippen LogP) is 5.75. The smallest absolute Gasteiger partial charge is 0.404 e. The number of halogens is 1. The quantitative estimate of drug-likeness (QED) is 0.155. The Labute approximate surface area is 251 Å². The molecule has 0 saturated heterocycles. The monoisotopic (exact) mass is 603 g/mol. The standard InChI is InChI=1S/C30H26ClN5O7/c1-17(33-30(39)40)11-27(37)34-20-6-3-5-18(12-20)22-14-24(21-9-8-19(31)13-26(21)43-16-41-2)35-28(23(22)15-32)36-29(38)25-7-4-10-42-25/h3-10,12-14,17,33H,11,16H2,1-2H3,(H,34,37)(H,39,40)(H,35,36,38). The van der Waals surface area contributed by atoms with Gasteiger partial charge in [0.15, 0.2) is 18.4 Å². The number of carboxylic acid groups (broad SMARTS) is 1. The van der Waals surface area contributed by atoms with Crippen molar-refractivity contribution in [3.05, 3.63) is 83.3 Å². The second kappa shape index (κ2) is 14.0. The number of methoxy groups -OCH3 is 1. The summed E-state index contributed by atoms with van der Waals surface area (Å²) in [5.41, 5.74) is 2.23. The predicted molar refractivity (Wildman–Crippen MR) is 158 cm³/mol. The first kappa shape index (κ1) is 30.6. The van der Waals surface area contributed by atoms with Gasteiger partial charge in [-0.25, -0.2) is 9.78 Å². The summed E-state index contributed by atoms with van der Waals surface area (Å²) in [6.45, 7) is 1.50. The second-order valence-corrected chi connectivity index (χ2v) is 9.63. The summed E-state index contributed by atoms with van der Waals surface area (Å²) in [5.74, 6) is -0.696. The molecule has 0 saturated carbocycles. The van der Waals surface area contributed by atoms with Gasteiger partial charge in [-0.1, -0.05) is 23.7 Å². The van der Waals surface area contributed by atoms with Crippen molar-refractivity contribution in [2.45, 2.75) is 19.4 Å². The number of nitrogens with zero attached hydrogens (tertiary/aromatic N) is 2. The zero-order valence-corrected chi connectivity index (χ0v) is 23.8. The number of carbonyl (C=O) groups excluding carboxylic acids is 2. The molecule has 0 radical (unpaired) electrons. The molecule has 3 amide bonds. The van der Waals surface area contributed by atoms with Crippen LogP contribution in [0, 0.1) is 11.3 Å². The van der Waals surface area contributed by atoms with E-state index in [0.29, 0.717) is 38.8 Å². The van der Waals surface area contributed by atoms with Gasteiger partial charge in [-0.05, 0) is 61.0 Å². The lowest BCUT2D eigenvalue weighted by Gasteiger charge is -2.16. The highest BCUT2D eigenvalue weighted by atomic mass is 35.5. The van der Waals surface area contributed by atoms with Crippen LogP contribution in [0.2, 0.25) is 5.02 Å². The summed E-state index contributed by atoms with van der Waals surface area (Å²) in [6.07, 6.45) is 0.0236. The van der Waals surface area contributed by atoms with E-state index in [2.05, 4.69) is 27.0 Å². The average molecular weight is 604 g/mol. The number of hydrogen-bond acceptors (Lipinski definition) is 8. The Morgan fingerprint density at radius 1 is 1.09 bits per heavy atom. The second-order valence-electron chi connectivity index (χ2n) is 9.20. The van der Waals surface area contributed by atoms with Crippen molar-refractivity contribution in [2.75, 3.05) is 24.5 Å². The fourth-order valence-electron chi connectivity index (χ4n) is 4.16. The summed E-state index contributed by atoms with van der Waals surface area (Å²) in [6, 6.07) is 17.8. The van der Waals surface area contributed by atoms with Crippen LogP contribution in [0.5, 0.6) is 5.75 Å². The number of carbonyl (C=O) groups is 3. The van der Waals surface area contributed by atoms with Crippen LogP contribution in [0.3, 0.4) is 0 Å². The number of pyridine rings is 1. The van der Waals surface area contributed by atoms with Crippen molar-refractivity contribution < 1.29 is 33.4 Å². The van der Waals surface area contributed by atoms with Crippen molar-refractivity contribution in [2.24, 2.45) is 0 Å². The molecule has 2 heterocycles. The van der Waals surface area contributed by atoms with Crippen LogP contribution in [0.15, 0.2) is 71.3 Å². The Balaban J connectivity index is 1.80. The van der Waals surface area contributed by atoms with E-state index in [0.717, 1.165) is 0 Å². The molecule has 4 aromatic rings. The molecular formula is C30H26ClN5O7. The number of benzene rings is 2. The first-order chi connectivity index (χ1) is 20.7. The van der Waals surface area contributed by atoms with Gasteiger partial charge in [0.25, 0.3) is 5.91 Å². The molecule has 43 heavy (non-hydrogen) atoms. The van der Waals surface area contributed by atoms with Gasteiger partial charge in [-0.3, -0.25) is 9.59 Å². The molecular weight excluding hydrogens is 578 g/mol. The van der Waals surface area contributed by atoms with Gasteiger partial charge in [-0.15, -0.1) is 0 Å². The van der Waals surface area contributed by atoms with Crippen LogP contribution < -0.4 is 20.7 Å². The maximum atomic E-state index is 12.9. The summed E-state index contributed by atoms with van der Waals surface area (Å²) in [5, 5.41) is 27.1. The SMILES string of the molecule is COCOc1cc(Cl)ccc1-c1cc(-c2cccc(NC(=O)CC(C)NC(=O)O)c2)c(C#N)c(NC(=O)c2ccco2)n1. The van der Waals surface area contributed by atoms with Crippen LogP contribution >= 0.6 is 11.6 Å². The van der Waals surface area contributed by atoms with E-state index in [9.17, 15) is 19.6 Å². The molecule has 4 rings (SSSR count). The Bertz CT molecular complexity index is 1680. The summed E-state index contributed by atoms with van der Waals surface area (Å²) < 4.78 is 16.0. The highest BCUT2D eigenvalue weighted by Crippen LogP contribution is 2.38. The lowest BCUT2D eigenvalue weighted by Crippen LogP contribution is -2.34. The maximum absolute atomic E-state index is 12.9. The molecule has 0 spiro atoms. The van der Waals surface area contributed by atoms with E-state index in [1.54, 1.807) is 61.5 Å². The first-order valence-corrected chi connectivity index (χ1v) is 13.2. The normalized spacial score (nSPS) is 11.2. The zero-order valence-electron chi connectivity index (χ0n) is 23.0. The highest BCUT2D eigenvalue weighted by Gasteiger charge is 2.21. The number of anilines is 2. The number of nitriles is 1. The van der Waals surface area contributed by atoms with Gasteiger partial charge in [0, 0.05) is 41.4 Å². The number of rotatable bonds is 11. The van der Waals surface area contributed by atoms with Gasteiger partial charge < -0.3 is 34.9 Å². The molecule has 2 aromatic carbocycles. The number of amides is 3. The Morgan fingerprint density at radius 3 is 2.60 bits per heavy atom. The minimum Gasteiger partial charge on any atom is -0.467 e. The fourth-order valence-corrected chi connectivity index (χ4v) is 4.32. The summed E-state index contributed by atoms with van der Waals surface area (Å²) in [4.78, 5) is 40.9. The third-order valence-corrected chi connectivity index (χ3v) is 6.21. The maximum Gasteiger partial charge on any atom is 0.404 e. The summed E-state index contributed by atoms with van der Waals surface area (Å²) >= 11 is 6.21. The number of furan rings is 1. The fraction of sp³-hybridized carbons (Fsp3) is 0.167. The number of ether oxygens (including phenoxy) is 2. The van der Waals surface area contributed by atoms with Gasteiger partial charge in [0.1, 0.15) is 17.4 Å². The topological polar surface area (TPSA) is 176 Å². The molecule has 220 valence electrons. The zero-order chi connectivity index (χ0) is 30.9. The minimum absolute atomic E-state index is 0.0181. The molecule has 12 nitrogen and oxygen atoms in total. The number of nitrogens with one attached hydrogen (secondary N) is 3. The molecule has 1 atom stereocenters. The van der Waals surface area contributed by atoms with Crippen molar-refractivity contribution in [1.82, 2.24) is 10.3 Å². The van der Waals surface area contributed by atoms with Crippen molar-refractivity contribution >= 4 is 41.0 Å². The van der Waals surface area contributed by atoms with E-state index in [1.165, 1.54) is 19.4 Å². The van der Waals surface area contributed by atoms with Crippen LogP contribution in [0.1, 0.15) is 29.5 Å². The molecule has 4 N–H and O–H groups in total. The largest absolute Gasteiger partial charge is 0.467 e. The molecule has 0 aliphatic carbocycles. The van der Waals surface area contributed by atoms with E-state index in [1.807, 2.05) is 0 Å². The number of aromatic nitrogens is 1. The molecule has 1 unspecified atom stereocenters. The Kier molecular flexibility index (Phi) is 9.95. The van der Waals surface area contributed by atoms with Crippen molar-refractivity contribution in [3.8, 4) is 34.2 Å². The summed E-state index contributed by atoms with van der Waals surface area (Å²) in [7, 11) is 1.47. The lowest BCUT2D eigenvalue weighted by atomic mass is 9.97. The molecule has 0 aliphatic heterocycles. The van der Waals surface area contributed by atoms with Gasteiger partial charge in [0.2, 0.25) is 5.91 Å². The van der Waals surface area contributed by atoms with E-state index in [-0.39, 0.29) is 30.4 Å². The minimum atomic E-state index is -1.23. The Morgan fingerprint density at radius 2 is 1.91 bits per heavy atom. The van der Waals surface area contributed by atoms with Crippen LogP contribution in [-0.4, -0.2) is 47.9 Å². The highest BCUT2D eigenvalue weighted by molar-refractivity contribution is 6.30. The van der Waals surface area contributed by atoms with Crippen LogP contribution in [0.4, 0.5) is 16.3 Å². The molecule has 0 aliphatic rings. The van der Waals surface area contributed by atoms with Gasteiger partial charge >= 0.3 is 6.09 Å². The van der Waals surface area contributed by atoms with E-state index >= 15 is 0 Å². The molecule has 0 fully saturated rings. The van der Waals surface area contributed by atoms with Crippen LogP contribution in [0.25, 0.3) is 22.4 Å². The molecule has 2 aromatic heterocycles. The van der Waals surface area contributed by atoms with Gasteiger partial charge in [0.05, 0.1) is 12.0 Å². The van der Waals surface area contributed by atoms with Crippen molar-refractivity contribution in [3.63, 3.8) is 0 Å². The average Bonchev–Trinajstić information content (AvgIpc) is 3.51. The Hall–Kier alpha value is -5.38. The lowest BCUT2D eigenvalue weighted by molar-refractivity contribution is -0.116. The first-order valence-electron chi connectivity index (χ1n) is 12.8. The number of hydrogen-bond donors (Lipinski definition) is 4.